The average molecular weight is 154 g/mol. The van der Waals surface area contributed by atoms with Crippen molar-refractivity contribution in [3.05, 3.63) is 0 Å². The average Bonchev–Trinajstić information content (AvgIpc) is 1.68. The van der Waals surface area contributed by atoms with Gasteiger partial charge < -0.3 is 0 Å². The Morgan fingerprint density at radius 2 is 2.29 bits per heavy atom. The third-order valence-electron chi connectivity index (χ3n) is 0.515. The summed E-state index contributed by atoms with van der Waals surface area (Å²) in [5, 5.41) is 0. The van der Waals surface area contributed by atoms with Crippen LogP contribution in [0.3, 0.4) is 0 Å². The Morgan fingerprint density at radius 3 is 2.43 bits per heavy atom. The van der Waals surface area contributed by atoms with Crippen LogP contribution in [0, 0.1) is 0 Å². The van der Waals surface area contributed by atoms with Gasteiger partial charge in [-0.05, 0) is 5.75 Å². The van der Waals surface area contributed by atoms with Gasteiger partial charge in [0.1, 0.15) is 0 Å². The molecule has 0 aromatic carbocycles. The van der Waals surface area contributed by atoms with Gasteiger partial charge in [-0.2, -0.15) is 25.3 Å². The van der Waals surface area contributed by atoms with Crippen molar-refractivity contribution < 1.29 is 0 Å². The Morgan fingerprint density at radius 1 is 1.71 bits per heavy atom. The number of hydrogen-bond acceptors (Lipinski definition) is 3. The van der Waals surface area contributed by atoms with E-state index >= 15 is 0 Å². The standard InChI is InChI=1S/C4H10S3/c1-2-7-4(6)3-5/h4-6H,2-3H2,1H3. The fraction of sp³-hybridized carbons (Fsp3) is 1.00. The van der Waals surface area contributed by atoms with E-state index in [1.165, 1.54) is 0 Å². The van der Waals surface area contributed by atoms with E-state index in [2.05, 4.69) is 32.2 Å². The maximum atomic E-state index is 4.20. The molecule has 0 rings (SSSR count). The molecule has 0 radical (unpaired) electrons. The fourth-order valence-electron chi connectivity index (χ4n) is 0.245. The summed E-state index contributed by atoms with van der Waals surface area (Å²) < 4.78 is 0.424. The van der Waals surface area contributed by atoms with E-state index in [1.54, 1.807) is 0 Å². The minimum absolute atomic E-state index is 0.424. The second-order valence-electron chi connectivity index (χ2n) is 1.09. The van der Waals surface area contributed by atoms with Gasteiger partial charge in [0.15, 0.2) is 0 Å². The van der Waals surface area contributed by atoms with Crippen LogP contribution in [0.1, 0.15) is 6.92 Å². The highest BCUT2D eigenvalue weighted by molar-refractivity contribution is 8.11. The summed E-state index contributed by atoms with van der Waals surface area (Å²) in [6.07, 6.45) is 0. The van der Waals surface area contributed by atoms with Crippen molar-refractivity contribution in [1.29, 1.82) is 0 Å². The zero-order valence-electron chi connectivity index (χ0n) is 4.29. The smallest absolute Gasteiger partial charge is 0.0560 e. The van der Waals surface area contributed by atoms with Gasteiger partial charge in [-0.25, -0.2) is 0 Å². The molecule has 0 nitrogen and oxygen atoms in total. The van der Waals surface area contributed by atoms with Crippen LogP contribution in [-0.4, -0.2) is 16.1 Å². The van der Waals surface area contributed by atoms with Gasteiger partial charge in [0, 0.05) is 5.75 Å². The molecular weight excluding hydrogens is 144 g/mol. The fourth-order valence-corrected chi connectivity index (χ4v) is 1.50. The molecule has 0 aliphatic heterocycles. The summed E-state index contributed by atoms with van der Waals surface area (Å²) in [6.45, 7) is 2.12. The van der Waals surface area contributed by atoms with Gasteiger partial charge in [0.05, 0.1) is 4.58 Å². The van der Waals surface area contributed by atoms with Crippen LogP contribution in [0.25, 0.3) is 0 Å². The number of hydrogen-bond donors (Lipinski definition) is 2. The van der Waals surface area contributed by atoms with Crippen LogP contribution in [0.5, 0.6) is 0 Å². The molecule has 0 aliphatic rings. The lowest BCUT2D eigenvalue weighted by Gasteiger charge is -2.01. The highest BCUT2D eigenvalue weighted by Crippen LogP contribution is 2.14. The van der Waals surface area contributed by atoms with Crippen LogP contribution in [0.15, 0.2) is 0 Å². The molecule has 1 atom stereocenters. The van der Waals surface area contributed by atoms with Crippen molar-refractivity contribution in [2.24, 2.45) is 0 Å². The van der Waals surface area contributed by atoms with E-state index in [9.17, 15) is 0 Å². The van der Waals surface area contributed by atoms with Crippen molar-refractivity contribution in [2.75, 3.05) is 11.5 Å². The third-order valence-corrected chi connectivity index (χ3v) is 2.93. The van der Waals surface area contributed by atoms with Gasteiger partial charge in [0.2, 0.25) is 0 Å². The minimum Gasteiger partial charge on any atom is -0.177 e. The highest BCUT2D eigenvalue weighted by Gasteiger charge is 1.94. The first kappa shape index (κ1) is 8.05. The second-order valence-corrected chi connectivity index (χ2v) is 3.91. The number of thioether (sulfide) groups is 1. The van der Waals surface area contributed by atoms with Crippen LogP contribution in [0.4, 0.5) is 0 Å². The molecule has 0 saturated heterocycles. The number of rotatable bonds is 3. The first-order valence-corrected chi connectivity index (χ1v) is 4.41. The van der Waals surface area contributed by atoms with Gasteiger partial charge in [-0.1, -0.05) is 6.92 Å². The summed E-state index contributed by atoms with van der Waals surface area (Å²) in [7, 11) is 0. The van der Waals surface area contributed by atoms with Gasteiger partial charge >= 0.3 is 0 Å². The molecule has 0 aliphatic carbocycles. The second kappa shape index (κ2) is 5.19. The molecule has 0 fully saturated rings. The topological polar surface area (TPSA) is 0 Å². The van der Waals surface area contributed by atoms with Gasteiger partial charge in [0.25, 0.3) is 0 Å². The SMILES string of the molecule is CCSC(S)CS. The molecule has 7 heavy (non-hydrogen) atoms. The molecule has 0 N–H and O–H groups in total. The third kappa shape index (κ3) is 4.91. The summed E-state index contributed by atoms with van der Waals surface area (Å²) >= 11 is 10.1. The molecule has 0 saturated carbocycles. The molecule has 0 aromatic heterocycles. The summed E-state index contributed by atoms with van der Waals surface area (Å²) in [5.74, 6) is 2.00. The molecule has 3 heteroatoms. The van der Waals surface area contributed by atoms with Crippen molar-refractivity contribution in [3.8, 4) is 0 Å². The van der Waals surface area contributed by atoms with Crippen LogP contribution < -0.4 is 0 Å². The lowest BCUT2D eigenvalue weighted by molar-refractivity contribution is 1.43. The van der Waals surface area contributed by atoms with Crippen LogP contribution >= 0.6 is 37.0 Å². The summed E-state index contributed by atoms with van der Waals surface area (Å²) in [6, 6.07) is 0. The first-order valence-electron chi connectivity index (χ1n) is 2.21. The Hall–Kier alpha value is 1.05. The van der Waals surface area contributed by atoms with Gasteiger partial charge in [-0.15, -0.1) is 11.8 Å². The van der Waals surface area contributed by atoms with Gasteiger partial charge in [-0.3, -0.25) is 0 Å². The largest absolute Gasteiger partial charge is 0.177 e. The van der Waals surface area contributed by atoms with Crippen LogP contribution in [-0.2, 0) is 0 Å². The highest BCUT2D eigenvalue weighted by atomic mass is 32.2. The predicted octanol–water partition coefficient (Wildman–Crippen LogP) is 1.93. The lowest BCUT2D eigenvalue weighted by atomic mass is 10.9. The molecule has 1 unspecified atom stereocenters. The maximum absolute atomic E-state index is 4.20. The normalized spacial score (nSPS) is 14.1. The molecule has 44 valence electrons. The van der Waals surface area contributed by atoms with E-state index in [0.29, 0.717) is 4.58 Å². The molecule has 0 amide bonds. The van der Waals surface area contributed by atoms with Crippen molar-refractivity contribution in [3.63, 3.8) is 0 Å². The predicted molar refractivity (Wildman–Crippen MR) is 44.8 cm³/mol. The Bertz CT molecular complexity index is 37.9. The summed E-state index contributed by atoms with van der Waals surface area (Å²) in [4.78, 5) is 0. The van der Waals surface area contributed by atoms with Crippen molar-refractivity contribution in [2.45, 2.75) is 11.5 Å². The Labute approximate surface area is 60.3 Å². The zero-order chi connectivity index (χ0) is 5.70. The zero-order valence-corrected chi connectivity index (χ0v) is 6.90. The number of thiol groups is 2. The monoisotopic (exact) mass is 154 g/mol. The van der Waals surface area contributed by atoms with E-state index in [4.69, 9.17) is 0 Å². The maximum Gasteiger partial charge on any atom is 0.0560 e. The molecule has 0 spiro atoms. The van der Waals surface area contributed by atoms with E-state index in [1.807, 2.05) is 11.8 Å². The lowest BCUT2D eigenvalue weighted by Crippen LogP contribution is -1.92. The molecular formula is C4H10S3. The first-order chi connectivity index (χ1) is 3.31. The van der Waals surface area contributed by atoms with E-state index < -0.39 is 0 Å². The van der Waals surface area contributed by atoms with Crippen molar-refractivity contribution in [1.82, 2.24) is 0 Å². The molecule has 0 aromatic rings. The Balaban J connectivity index is 2.83. The van der Waals surface area contributed by atoms with E-state index in [0.717, 1.165) is 11.5 Å². The minimum atomic E-state index is 0.424. The van der Waals surface area contributed by atoms with Crippen LogP contribution in [0.2, 0.25) is 0 Å². The van der Waals surface area contributed by atoms with E-state index in [-0.39, 0.29) is 0 Å². The molecule has 0 heterocycles. The summed E-state index contributed by atoms with van der Waals surface area (Å²) in [5.41, 5.74) is 0. The molecule has 0 bridgehead atoms. The Kier molecular flexibility index (Phi) is 5.97. The quantitative estimate of drug-likeness (QED) is 0.463. The van der Waals surface area contributed by atoms with Crippen molar-refractivity contribution >= 4 is 37.0 Å².